The van der Waals surface area contributed by atoms with Gasteiger partial charge in [-0.05, 0) is 24.3 Å². The van der Waals surface area contributed by atoms with E-state index in [4.69, 9.17) is 4.74 Å². The number of fused-ring (bicyclic) bond motifs is 3. The van der Waals surface area contributed by atoms with Crippen molar-refractivity contribution in [2.75, 3.05) is 7.11 Å². The molecule has 0 bridgehead atoms. The molecule has 0 amide bonds. The zero-order valence-corrected chi connectivity index (χ0v) is 12.3. The molecule has 7 heteroatoms. The van der Waals surface area contributed by atoms with Gasteiger partial charge in [0, 0.05) is 17.8 Å². The average Bonchev–Trinajstić information content (AvgIpc) is 3.06. The summed E-state index contributed by atoms with van der Waals surface area (Å²) in [5, 5.41) is 9.49. The summed E-state index contributed by atoms with van der Waals surface area (Å²) in [7, 11) is 1.58. The highest BCUT2D eigenvalue weighted by molar-refractivity contribution is 7.23. The third kappa shape index (κ3) is 1.90. The zero-order chi connectivity index (χ0) is 15.3. The van der Waals surface area contributed by atoms with Crippen LogP contribution < -0.4 is 4.74 Å². The molecule has 0 saturated heterocycles. The van der Waals surface area contributed by atoms with Gasteiger partial charge in [-0.2, -0.15) is 0 Å². The molecular formula is C15H10FN3O2S. The number of nitrogens with zero attached hydrogens (tertiary/aromatic N) is 3. The quantitative estimate of drug-likeness (QED) is 0.615. The molecule has 3 heterocycles. The summed E-state index contributed by atoms with van der Waals surface area (Å²) in [5.41, 5.74) is 2.24. The van der Waals surface area contributed by atoms with Crippen LogP contribution in [-0.4, -0.2) is 26.6 Å². The Labute approximate surface area is 128 Å². The number of rotatable bonds is 2. The van der Waals surface area contributed by atoms with Gasteiger partial charge in [0.1, 0.15) is 4.83 Å². The normalized spacial score (nSPS) is 11.4. The molecule has 0 radical (unpaired) electrons. The monoisotopic (exact) mass is 315 g/mol. The molecule has 0 aliphatic heterocycles. The van der Waals surface area contributed by atoms with Crippen LogP contribution in [0, 0.1) is 5.82 Å². The lowest BCUT2D eigenvalue weighted by Gasteiger charge is -1.99. The molecule has 22 heavy (non-hydrogen) atoms. The first-order chi connectivity index (χ1) is 10.7. The number of phenols is 1. The number of methoxy groups -OCH3 is 1. The van der Waals surface area contributed by atoms with Gasteiger partial charge in [0.2, 0.25) is 5.88 Å². The summed E-state index contributed by atoms with van der Waals surface area (Å²) in [5.74, 6) is -0.475. The molecular weight excluding hydrogens is 305 g/mol. The minimum Gasteiger partial charge on any atom is -0.505 e. The third-order valence-electron chi connectivity index (χ3n) is 3.39. The standard InChI is InChI=1S/C15H10FN3O2S/c1-21-13-5-4-11-14(18-13)22-15-17-10(7-19(11)15)8-2-3-9(16)12(20)6-8/h2-7,20H,1H3. The first-order valence-electron chi connectivity index (χ1n) is 6.47. The predicted octanol–water partition coefficient (Wildman–Crippen LogP) is 3.46. The highest BCUT2D eigenvalue weighted by Crippen LogP contribution is 2.31. The van der Waals surface area contributed by atoms with Crippen LogP contribution in [0.25, 0.3) is 26.6 Å². The van der Waals surface area contributed by atoms with Crippen LogP contribution in [0.1, 0.15) is 0 Å². The van der Waals surface area contributed by atoms with Crippen LogP contribution in [0.3, 0.4) is 0 Å². The van der Waals surface area contributed by atoms with Crippen LogP contribution in [0.4, 0.5) is 4.39 Å². The van der Waals surface area contributed by atoms with Crippen LogP contribution in [0.5, 0.6) is 11.6 Å². The molecule has 0 fully saturated rings. The Balaban J connectivity index is 1.88. The summed E-state index contributed by atoms with van der Waals surface area (Å²) in [6.07, 6.45) is 1.84. The zero-order valence-electron chi connectivity index (χ0n) is 11.4. The second-order valence-electron chi connectivity index (χ2n) is 4.72. The van der Waals surface area contributed by atoms with E-state index >= 15 is 0 Å². The van der Waals surface area contributed by atoms with Crippen molar-refractivity contribution in [1.82, 2.24) is 14.4 Å². The molecule has 1 aromatic carbocycles. The van der Waals surface area contributed by atoms with E-state index in [1.54, 1.807) is 19.2 Å². The molecule has 0 atom stereocenters. The van der Waals surface area contributed by atoms with Crippen molar-refractivity contribution in [2.45, 2.75) is 0 Å². The van der Waals surface area contributed by atoms with Gasteiger partial charge in [-0.15, -0.1) is 0 Å². The minimum absolute atomic E-state index is 0.384. The van der Waals surface area contributed by atoms with Crippen molar-refractivity contribution in [2.24, 2.45) is 0 Å². The Kier molecular flexibility index (Phi) is 2.77. The number of ether oxygens (including phenoxy) is 1. The summed E-state index contributed by atoms with van der Waals surface area (Å²) in [6, 6.07) is 7.88. The maximum absolute atomic E-state index is 13.1. The van der Waals surface area contributed by atoms with Crippen molar-refractivity contribution in [3.05, 3.63) is 42.3 Å². The van der Waals surface area contributed by atoms with Gasteiger partial charge in [0.05, 0.1) is 18.3 Å². The maximum atomic E-state index is 13.1. The fourth-order valence-electron chi connectivity index (χ4n) is 2.29. The van der Waals surface area contributed by atoms with Crippen LogP contribution in [0.2, 0.25) is 0 Å². The molecule has 4 aromatic rings. The fraction of sp³-hybridized carbons (Fsp3) is 0.0667. The van der Waals surface area contributed by atoms with Crippen molar-refractivity contribution < 1.29 is 14.2 Å². The van der Waals surface area contributed by atoms with Gasteiger partial charge in [-0.1, -0.05) is 11.3 Å². The molecule has 3 aromatic heterocycles. The van der Waals surface area contributed by atoms with Gasteiger partial charge in [0.15, 0.2) is 16.5 Å². The third-order valence-corrected chi connectivity index (χ3v) is 4.35. The van der Waals surface area contributed by atoms with Crippen LogP contribution in [0.15, 0.2) is 36.5 Å². The number of hydrogen-bond donors (Lipinski definition) is 1. The van der Waals surface area contributed by atoms with E-state index in [2.05, 4.69) is 9.97 Å². The average molecular weight is 315 g/mol. The number of phenolic OH excluding ortho intramolecular Hbond substituents is 1. The molecule has 0 unspecified atom stereocenters. The van der Waals surface area contributed by atoms with E-state index in [9.17, 15) is 9.50 Å². The Hall–Kier alpha value is -2.67. The summed E-state index contributed by atoms with van der Waals surface area (Å²) in [6.45, 7) is 0. The van der Waals surface area contributed by atoms with Gasteiger partial charge in [0.25, 0.3) is 0 Å². The van der Waals surface area contributed by atoms with Gasteiger partial charge in [-0.3, -0.25) is 4.40 Å². The molecule has 0 aliphatic carbocycles. The lowest BCUT2D eigenvalue weighted by atomic mass is 10.1. The van der Waals surface area contributed by atoms with E-state index < -0.39 is 5.82 Å². The second-order valence-corrected chi connectivity index (χ2v) is 5.68. The number of halogens is 1. The highest BCUT2D eigenvalue weighted by atomic mass is 32.1. The SMILES string of the molecule is COc1ccc2c(n1)sc1nc(-c3ccc(F)c(O)c3)cn12. The maximum Gasteiger partial charge on any atom is 0.214 e. The predicted molar refractivity (Wildman–Crippen MR) is 82.0 cm³/mol. The van der Waals surface area contributed by atoms with Crippen molar-refractivity contribution in [3.63, 3.8) is 0 Å². The fourth-order valence-corrected chi connectivity index (χ4v) is 3.27. The van der Waals surface area contributed by atoms with Crippen molar-refractivity contribution >= 4 is 26.6 Å². The van der Waals surface area contributed by atoms with Crippen LogP contribution >= 0.6 is 11.3 Å². The van der Waals surface area contributed by atoms with E-state index in [0.29, 0.717) is 17.1 Å². The molecule has 110 valence electrons. The van der Waals surface area contributed by atoms with E-state index in [1.807, 2.05) is 16.7 Å². The second kappa shape index (κ2) is 4.67. The molecule has 1 N–H and O–H groups in total. The number of thiazole rings is 1. The Morgan fingerprint density at radius 3 is 2.86 bits per heavy atom. The van der Waals surface area contributed by atoms with Gasteiger partial charge in [-0.25, -0.2) is 14.4 Å². The first kappa shape index (κ1) is 13.0. The highest BCUT2D eigenvalue weighted by Gasteiger charge is 2.13. The van der Waals surface area contributed by atoms with E-state index in [1.165, 1.54) is 23.5 Å². The summed E-state index contributed by atoms with van der Waals surface area (Å²) < 4.78 is 20.2. The summed E-state index contributed by atoms with van der Waals surface area (Å²) in [4.78, 5) is 10.5. The topological polar surface area (TPSA) is 59.7 Å². The molecule has 0 saturated carbocycles. The number of pyridine rings is 1. The molecule has 4 rings (SSSR count). The van der Waals surface area contributed by atoms with E-state index in [-0.39, 0.29) is 5.75 Å². The van der Waals surface area contributed by atoms with Gasteiger partial charge >= 0.3 is 0 Å². The lowest BCUT2D eigenvalue weighted by molar-refractivity contribution is 0.400. The van der Waals surface area contributed by atoms with Gasteiger partial charge < -0.3 is 9.84 Å². The van der Waals surface area contributed by atoms with Crippen LogP contribution in [-0.2, 0) is 0 Å². The Morgan fingerprint density at radius 1 is 1.23 bits per heavy atom. The Morgan fingerprint density at radius 2 is 2.09 bits per heavy atom. The first-order valence-corrected chi connectivity index (χ1v) is 7.29. The van der Waals surface area contributed by atoms with Crippen molar-refractivity contribution in [3.8, 4) is 22.9 Å². The molecule has 0 aliphatic rings. The largest absolute Gasteiger partial charge is 0.505 e. The molecule has 5 nitrogen and oxygen atoms in total. The number of benzene rings is 1. The smallest absolute Gasteiger partial charge is 0.214 e. The molecule has 0 spiro atoms. The van der Waals surface area contributed by atoms with E-state index in [0.717, 1.165) is 15.3 Å². The number of aromatic hydroxyl groups is 1. The van der Waals surface area contributed by atoms with Crippen molar-refractivity contribution in [1.29, 1.82) is 0 Å². The number of imidazole rings is 1. The Bertz CT molecular complexity index is 1010. The number of hydrogen-bond acceptors (Lipinski definition) is 5. The lowest BCUT2D eigenvalue weighted by Crippen LogP contribution is -1.86. The minimum atomic E-state index is -0.647. The summed E-state index contributed by atoms with van der Waals surface area (Å²) >= 11 is 1.44. The number of aromatic nitrogens is 3.